The molecule has 0 saturated heterocycles. The first-order chi connectivity index (χ1) is 21.4. The molecule has 218 valence electrons. The largest absolute Gasteiger partial charge is 0.472 e. The molecule has 5 heteroatoms. The minimum Gasteiger partial charge on any atom is -0.472 e. The normalized spacial score (nSPS) is 19.4. The van der Waals surface area contributed by atoms with Gasteiger partial charge < -0.3 is 9.47 Å². The summed E-state index contributed by atoms with van der Waals surface area (Å²) in [4.78, 5) is 12.1. The van der Waals surface area contributed by atoms with Gasteiger partial charge in [0, 0.05) is 28.8 Å². The van der Waals surface area contributed by atoms with Crippen molar-refractivity contribution in [3.05, 3.63) is 132 Å². The number of ether oxygens (including phenoxy) is 2. The van der Waals surface area contributed by atoms with E-state index >= 15 is 0 Å². The Morgan fingerprint density at radius 3 is 2.41 bits per heavy atom. The smallest absolute Gasteiger partial charge is 0.216 e. The van der Waals surface area contributed by atoms with Gasteiger partial charge in [-0.25, -0.2) is 9.98 Å². The van der Waals surface area contributed by atoms with E-state index in [2.05, 4.69) is 117 Å². The SMILES string of the molecule is Cc1cc(Oc2cc(C3=N[C@@H]4CCC[C@@H]4O3)cc(-c3ccccc3)c2)cc(N2c3ccccc3C(C)(C)c3cccnc32)c1. The van der Waals surface area contributed by atoms with Crippen LogP contribution < -0.4 is 9.64 Å². The molecule has 0 unspecified atom stereocenters. The van der Waals surface area contributed by atoms with E-state index in [0.717, 1.165) is 69.7 Å². The molecule has 1 aliphatic carbocycles. The standard InChI is InChI=1S/C39H35N3O2/c1-25-19-29(42-35-16-8-7-13-32(35)39(2,3)33-14-10-18-40-37(33)42)24-30(20-25)43-31-22-27(26-11-5-4-6-12-26)21-28(23-31)38-41-34-15-9-17-36(34)44-38/h4-8,10-14,16,18-24,34,36H,9,15,17H2,1-3H3/t34-,36+/m1/s1. The van der Waals surface area contributed by atoms with E-state index in [0.29, 0.717) is 0 Å². The molecule has 1 saturated carbocycles. The summed E-state index contributed by atoms with van der Waals surface area (Å²) in [5.41, 5.74) is 8.70. The number of rotatable bonds is 5. The average Bonchev–Trinajstić information content (AvgIpc) is 3.65. The summed E-state index contributed by atoms with van der Waals surface area (Å²) in [6.07, 6.45) is 5.42. The molecule has 4 aromatic carbocycles. The number of aromatic nitrogens is 1. The number of benzene rings is 4. The van der Waals surface area contributed by atoms with E-state index < -0.39 is 0 Å². The molecule has 0 radical (unpaired) electrons. The highest BCUT2D eigenvalue weighted by molar-refractivity contribution is 5.97. The van der Waals surface area contributed by atoms with Gasteiger partial charge in [-0.1, -0.05) is 68.4 Å². The molecule has 3 aliphatic rings. The Hall–Kier alpha value is -4.90. The van der Waals surface area contributed by atoms with Gasteiger partial charge in [-0.3, -0.25) is 4.90 Å². The zero-order valence-corrected chi connectivity index (χ0v) is 25.3. The van der Waals surface area contributed by atoms with Gasteiger partial charge in [0.25, 0.3) is 0 Å². The third-order valence-corrected chi connectivity index (χ3v) is 9.24. The lowest BCUT2D eigenvalue weighted by molar-refractivity contribution is 0.211. The molecular weight excluding hydrogens is 542 g/mol. The van der Waals surface area contributed by atoms with Crippen molar-refractivity contribution < 1.29 is 9.47 Å². The number of hydrogen-bond donors (Lipinski definition) is 0. The van der Waals surface area contributed by atoms with Crippen LogP contribution >= 0.6 is 0 Å². The molecule has 44 heavy (non-hydrogen) atoms. The van der Waals surface area contributed by atoms with Crippen LogP contribution in [0.1, 0.15) is 55.4 Å². The molecule has 0 amide bonds. The average molecular weight is 578 g/mol. The summed E-state index contributed by atoms with van der Waals surface area (Å²) in [5, 5.41) is 0. The van der Waals surface area contributed by atoms with Gasteiger partial charge in [0.2, 0.25) is 5.90 Å². The number of pyridine rings is 1. The van der Waals surface area contributed by atoms with Gasteiger partial charge in [-0.15, -0.1) is 0 Å². The van der Waals surface area contributed by atoms with Crippen molar-refractivity contribution in [3.63, 3.8) is 0 Å². The second-order valence-electron chi connectivity index (χ2n) is 12.7. The van der Waals surface area contributed by atoms with E-state index in [1.807, 2.05) is 18.3 Å². The third-order valence-electron chi connectivity index (χ3n) is 9.24. The molecule has 2 atom stereocenters. The molecule has 0 N–H and O–H groups in total. The maximum atomic E-state index is 6.71. The van der Waals surface area contributed by atoms with E-state index in [1.165, 1.54) is 17.5 Å². The summed E-state index contributed by atoms with van der Waals surface area (Å²) in [6.45, 7) is 6.66. The van der Waals surface area contributed by atoms with E-state index in [1.54, 1.807) is 0 Å². The fourth-order valence-electron chi connectivity index (χ4n) is 7.07. The summed E-state index contributed by atoms with van der Waals surface area (Å²) in [6, 6.07) is 36.3. The number of fused-ring (bicyclic) bond motifs is 3. The van der Waals surface area contributed by atoms with Crippen LogP contribution in [0.25, 0.3) is 11.1 Å². The number of para-hydroxylation sites is 1. The van der Waals surface area contributed by atoms with Gasteiger partial charge in [0.1, 0.15) is 23.4 Å². The zero-order chi connectivity index (χ0) is 29.8. The number of nitrogens with zero attached hydrogens (tertiary/aromatic N) is 3. The van der Waals surface area contributed by atoms with Crippen molar-refractivity contribution in [2.75, 3.05) is 4.90 Å². The maximum Gasteiger partial charge on any atom is 0.216 e. The molecule has 2 aliphatic heterocycles. The van der Waals surface area contributed by atoms with Gasteiger partial charge in [-0.2, -0.15) is 0 Å². The van der Waals surface area contributed by atoms with Crippen LogP contribution in [0.15, 0.2) is 114 Å². The summed E-state index contributed by atoms with van der Waals surface area (Å²) in [7, 11) is 0. The highest BCUT2D eigenvalue weighted by Gasteiger charge is 2.38. The van der Waals surface area contributed by atoms with Crippen molar-refractivity contribution in [3.8, 4) is 22.6 Å². The first kappa shape index (κ1) is 26.7. The van der Waals surface area contributed by atoms with Gasteiger partial charge >= 0.3 is 0 Å². The molecule has 8 rings (SSSR count). The topological polar surface area (TPSA) is 47.0 Å². The Morgan fingerprint density at radius 2 is 1.55 bits per heavy atom. The Kier molecular flexibility index (Phi) is 6.30. The lowest BCUT2D eigenvalue weighted by atomic mass is 9.74. The molecule has 3 heterocycles. The maximum absolute atomic E-state index is 6.71. The van der Waals surface area contributed by atoms with Crippen molar-refractivity contribution in [2.45, 2.75) is 57.6 Å². The van der Waals surface area contributed by atoms with Crippen LogP contribution in [-0.2, 0) is 10.2 Å². The number of hydrogen-bond acceptors (Lipinski definition) is 5. The summed E-state index contributed by atoms with van der Waals surface area (Å²) >= 11 is 0. The first-order valence-corrected chi connectivity index (χ1v) is 15.5. The van der Waals surface area contributed by atoms with Crippen molar-refractivity contribution in [2.24, 2.45) is 4.99 Å². The minimum atomic E-state index is -0.169. The van der Waals surface area contributed by atoms with Gasteiger partial charge in [-0.05, 0) is 90.9 Å². The predicted molar refractivity (Wildman–Crippen MR) is 177 cm³/mol. The second kappa shape index (κ2) is 10.4. The molecule has 1 fully saturated rings. The van der Waals surface area contributed by atoms with Crippen LogP contribution in [-0.4, -0.2) is 23.0 Å². The van der Waals surface area contributed by atoms with Crippen LogP contribution in [0.4, 0.5) is 17.2 Å². The number of aliphatic imine (C=N–C) groups is 1. The monoisotopic (exact) mass is 577 g/mol. The summed E-state index contributed by atoms with van der Waals surface area (Å²) < 4.78 is 13.1. The lowest BCUT2D eigenvalue weighted by Crippen LogP contribution is -2.31. The first-order valence-electron chi connectivity index (χ1n) is 15.5. The van der Waals surface area contributed by atoms with E-state index in [4.69, 9.17) is 19.5 Å². The van der Waals surface area contributed by atoms with Gasteiger partial charge in [0.05, 0.1) is 17.4 Å². The van der Waals surface area contributed by atoms with Crippen LogP contribution in [0, 0.1) is 6.92 Å². The van der Waals surface area contributed by atoms with E-state index in [-0.39, 0.29) is 17.6 Å². The zero-order valence-electron chi connectivity index (χ0n) is 25.3. The van der Waals surface area contributed by atoms with Crippen molar-refractivity contribution >= 4 is 23.1 Å². The molecule has 5 aromatic rings. The van der Waals surface area contributed by atoms with Crippen molar-refractivity contribution in [1.82, 2.24) is 4.98 Å². The van der Waals surface area contributed by atoms with Crippen LogP contribution in [0.3, 0.4) is 0 Å². The third kappa shape index (κ3) is 4.55. The Balaban J connectivity index is 1.21. The Labute approximate surface area is 258 Å². The quantitative estimate of drug-likeness (QED) is 0.209. The molecule has 1 aromatic heterocycles. The van der Waals surface area contributed by atoms with Crippen LogP contribution in [0.2, 0.25) is 0 Å². The second-order valence-corrected chi connectivity index (χ2v) is 12.7. The fourth-order valence-corrected chi connectivity index (χ4v) is 7.07. The lowest BCUT2D eigenvalue weighted by Gasteiger charge is -2.41. The summed E-state index contributed by atoms with van der Waals surface area (Å²) in [5.74, 6) is 3.19. The number of anilines is 3. The highest BCUT2D eigenvalue weighted by Crippen LogP contribution is 2.51. The molecule has 0 spiro atoms. The number of aryl methyl sites for hydroxylation is 1. The Morgan fingerprint density at radius 1 is 0.773 bits per heavy atom. The van der Waals surface area contributed by atoms with E-state index in [9.17, 15) is 0 Å². The van der Waals surface area contributed by atoms with Crippen LogP contribution in [0.5, 0.6) is 11.5 Å². The molecule has 0 bridgehead atoms. The van der Waals surface area contributed by atoms with Gasteiger partial charge in [0.15, 0.2) is 0 Å². The molecule has 5 nitrogen and oxygen atoms in total. The minimum absolute atomic E-state index is 0.169. The highest BCUT2D eigenvalue weighted by atomic mass is 16.5. The predicted octanol–water partition coefficient (Wildman–Crippen LogP) is 9.66. The fraction of sp³-hybridized carbons (Fsp3) is 0.231. The van der Waals surface area contributed by atoms with Crippen molar-refractivity contribution in [1.29, 1.82) is 0 Å². The molecular formula is C39H35N3O2. The Bertz CT molecular complexity index is 1860.